The first-order chi connectivity index (χ1) is 5.29. The number of aromatic amines is 1. The number of benzene rings is 1. The minimum atomic E-state index is 0.683. The Morgan fingerprint density at radius 3 is 3.09 bits per heavy atom. The molecule has 1 heterocycles. The molecule has 0 radical (unpaired) electrons. The topological polar surface area (TPSA) is 54.7 Å². The molecule has 0 fully saturated rings. The van der Waals surface area contributed by atoms with Crippen LogP contribution < -0.4 is 5.73 Å². The molecule has 0 spiro atoms. The fraction of sp³-hybridized carbons (Fsp3) is 0. The zero-order valence-electron chi connectivity index (χ0n) is 5.70. The highest BCUT2D eigenvalue weighted by molar-refractivity contribution is 7.80. The zero-order valence-corrected chi connectivity index (χ0v) is 6.60. The van der Waals surface area contributed by atoms with Gasteiger partial charge < -0.3 is 5.73 Å². The van der Waals surface area contributed by atoms with Gasteiger partial charge in [0.25, 0.3) is 0 Å². The van der Waals surface area contributed by atoms with Gasteiger partial charge in [0, 0.05) is 16.0 Å². The van der Waals surface area contributed by atoms with Crippen molar-refractivity contribution in [1.29, 1.82) is 0 Å². The van der Waals surface area contributed by atoms with Crippen molar-refractivity contribution in [3.63, 3.8) is 0 Å². The molecule has 0 bridgehead atoms. The summed E-state index contributed by atoms with van der Waals surface area (Å²) in [7, 11) is 0. The van der Waals surface area contributed by atoms with Crippen LogP contribution in [-0.4, -0.2) is 10.2 Å². The number of fused-ring (bicyclic) bond motifs is 1. The molecule has 3 nitrogen and oxygen atoms in total. The van der Waals surface area contributed by atoms with Gasteiger partial charge in [-0.05, 0) is 12.1 Å². The third kappa shape index (κ3) is 0.867. The van der Waals surface area contributed by atoms with Crippen LogP contribution in [0.4, 0.5) is 5.69 Å². The van der Waals surface area contributed by atoms with Crippen LogP contribution in [0.5, 0.6) is 0 Å². The Morgan fingerprint density at radius 1 is 1.45 bits per heavy atom. The largest absolute Gasteiger partial charge is 0.398 e. The average Bonchev–Trinajstić information content (AvgIpc) is 2.45. The van der Waals surface area contributed by atoms with E-state index < -0.39 is 0 Å². The number of nitrogens with one attached hydrogen (secondary N) is 1. The maximum atomic E-state index is 5.63. The number of nitrogens with two attached hydrogens (primary N) is 1. The lowest BCUT2D eigenvalue weighted by molar-refractivity contribution is 1.12. The number of H-pyrrole nitrogens is 1. The molecule has 0 aliphatic carbocycles. The molecule has 0 aliphatic heterocycles. The second-order valence-corrected chi connectivity index (χ2v) is 2.78. The van der Waals surface area contributed by atoms with Gasteiger partial charge in [0.1, 0.15) is 0 Å². The molecular weight excluding hydrogens is 158 g/mol. The van der Waals surface area contributed by atoms with Crippen molar-refractivity contribution < 1.29 is 0 Å². The van der Waals surface area contributed by atoms with E-state index in [9.17, 15) is 0 Å². The number of aromatic nitrogens is 2. The Bertz CT molecular complexity index is 393. The summed E-state index contributed by atoms with van der Waals surface area (Å²) in [5, 5.41) is 7.67. The first-order valence-corrected chi connectivity index (χ1v) is 3.64. The average molecular weight is 165 g/mol. The molecule has 0 atom stereocenters. The van der Waals surface area contributed by atoms with Crippen LogP contribution in [0, 0.1) is 0 Å². The number of anilines is 1. The van der Waals surface area contributed by atoms with E-state index in [0.29, 0.717) is 5.69 Å². The summed E-state index contributed by atoms with van der Waals surface area (Å²) in [5.74, 6) is 0. The van der Waals surface area contributed by atoms with Gasteiger partial charge in [0.15, 0.2) is 0 Å². The van der Waals surface area contributed by atoms with Crippen molar-refractivity contribution in [3.8, 4) is 0 Å². The predicted octanol–water partition coefficient (Wildman–Crippen LogP) is 1.43. The fourth-order valence-electron chi connectivity index (χ4n) is 1.02. The van der Waals surface area contributed by atoms with Gasteiger partial charge in [0.2, 0.25) is 0 Å². The molecule has 0 unspecified atom stereocenters. The summed E-state index contributed by atoms with van der Waals surface area (Å²) in [6, 6.07) is 3.69. The SMILES string of the molecule is Nc1ccc2[nH]ncc2c1S. The highest BCUT2D eigenvalue weighted by Crippen LogP contribution is 2.25. The lowest BCUT2D eigenvalue weighted by Gasteiger charge is -1.97. The molecular formula is C7H7N3S. The quantitative estimate of drug-likeness (QED) is 0.408. The number of hydrogen-bond acceptors (Lipinski definition) is 3. The van der Waals surface area contributed by atoms with Crippen molar-refractivity contribution in [2.45, 2.75) is 4.90 Å². The van der Waals surface area contributed by atoms with Gasteiger partial charge in [-0.2, -0.15) is 5.10 Å². The minimum Gasteiger partial charge on any atom is -0.398 e. The molecule has 0 aliphatic rings. The maximum absolute atomic E-state index is 5.63. The predicted molar refractivity (Wildman–Crippen MR) is 47.8 cm³/mol. The van der Waals surface area contributed by atoms with Crippen molar-refractivity contribution in [1.82, 2.24) is 10.2 Å². The monoisotopic (exact) mass is 165 g/mol. The summed E-state index contributed by atoms with van der Waals surface area (Å²) in [6.45, 7) is 0. The Hall–Kier alpha value is -1.16. The molecule has 0 saturated carbocycles. The summed E-state index contributed by atoms with van der Waals surface area (Å²) in [4.78, 5) is 0.788. The highest BCUT2D eigenvalue weighted by Gasteiger charge is 2.01. The number of hydrogen-bond donors (Lipinski definition) is 3. The molecule has 56 valence electrons. The molecule has 2 rings (SSSR count). The van der Waals surface area contributed by atoms with Crippen LogP contribution in [-0.2, 0) is 0 Å². The second kappa shape index (κ2) is 2.17. The van der Waals surface area contributed by atoms with Gasteiger partial charge in [-0.3, -0.25) is 5.10 Å². The van der Waals surface area contributed by atoms with Crippen LogP contribution >= 0.6 is 12.6 Å². The molecule has 4 heteroatoms. The van der Waals surface area contributed by atoms with Gasteiger partial charge in [-0.1, -0.05) is 0 Å². The fourth-order valence-corrected chi connectivity index (χ4v) is 1.27. The van der Waals surface area contributed by atoms with E-state index in [1.165, 1.54) is 0 Å². The summed E-state index contributed by atoms with van der Waals surface area (Å²) < 4.78 is 0. The lowest BCUT2D eigenvalue weighted by atomic mass is 10.2. The van der Waals surface area contributed by atoms with E-state index >= 15 is 0 Å². The van der Waals surface area contributed by atoms with Crippen LogP contribution in [0.1, 0.15) is 0 Å². The van der Waals surface area contributed by atoms with Crippen molar-refractivity contribution >= 4 is 29.2 Å². The van der Waals surface area contributed by atoms with E-state index in [0.717, 1.165) is 15.8 Å². The van der Waals surface area contributed by atoms with Crippen LogP contribution in [0.15, 0.2) is 23.2 Å². The van der Waals surface area contributed by atoms with E-state index in [-0.39, 0.29) is 0 Å². The molecule has 3 N–H and O–H groups in total. The number of thiol groups is 1. The van der Waals surface area contributed by atoms with Gasteiger partial charge >= 0.3 is 0 Å². The molecule has 2 aromatic rings. The molecule has 1 aromatic heterocycles. The summed E-state index contributed by atoms with van der Waals surface area (Å²) >= 11 is 4.24. The van der Waals surface area contributed by atoms with Crippen molar-refractivity contribution in [2.24, 2.45) is 0 Å². The number of rotatable bonds is 0. The smallest absolute Gasteiger partial charge is 0.0663 e. The standard InChI is InChI=1S/C7H7N3S/c8-5-1-2-6-4(7(5)11)3-9-10-6/h1-3,11H,8H2,(H,9,10). The number of nitrogens with zero attached hydrogens (tertiary/aromatic N) is 1. The zero-order chi connectivity index (χ0) is 7.84. The molecule has 1 aromatic carbocycles. The van der Waals surface area contributed by atoms with E-state index in [1.54, 1.807) is 6.20 Å². The van der Waals surface area contributed by atoms with Gasteiger partial charge in [-0.25, -0.2) is 0 Å². The van der Waals surface area contributed by atoms with Gasteiger partial charge in [-0.15, -0.1) is 12.6 Å². The minimum absolute atomic E-state index is 0.683. The maximum Gasteiger partial charge on any atom is 0.0663 e. The highest BCUT2D eigenvalue weighted by atomic mass is 32.1. The summed E-state index contributed by atoms with van der Waals surface area (Å²) in [5.41, 5.74) is 7.27. The molecule has 0 saturated heterocycles. The third-order valence-electron chi connectivity index (χ3n) is 1.63. The summed E-state index contributed by atoms with van der Waals surface area (Å²) in [6.07, 6.45) is 1.72. The third-order valence-corrected chi connectivity index (χ3v) is 2.13. The van der Waals surface area contributed by atoms with E-state index in [4.69, 9.17) is 5.73 Å². The van der Waals surface area contributed by atoms with Crippen LogP contribution in [0.2, 0.25) is 0 Å². The Morgan fingerprint density at radius 2 is 2.27 bits per heavy atom. The lowest BCUT2D eigenvalue weighted by Crippen LogP contribution is -1.85. The number of nitrogen functional groups attached to an aromatic ring is 1. The second-order valence-electron chi connectivity index (χ2n) is 2.33. The van der Waals surface area contributed by atoms with E-state index in [2.05, 4.69) is 22.8 Å². The molecule has 11 heavy (non-hydrogen) atoms. The Kier molecular flexibility index (Phi) is 1.29. The van der Waals surface area contributed by atoms with Crippen molar-refractivity contribution in [3.05, 3.63) is 18.3 Å². The normalized spacial score (nSPS) is 10.6. The Balaban J connectivity index is 2.93. The van der Waals surface area contributed by atoms with Gasteiger partial charge in [0.05, 0.1) is 11.7 Å². The molecule has 0 amide bonds. The van der Waals surface area contributed by atoms with Crippen molar-refractivity contribution in [2.75, 3.05) is 5.73 Å². The first-order valence-electron chi connectivity index (χ1n) is 3.19. The van der Waals surface area contributed by atoms with Crippen LogP contribution in [0.3, 0.4) is 0 Å². The van der Waals surface area contributed by atoms with Crippen LogP contribution in [0.25, 0.3) is 10.9 Å². The Labute approximate surface area is 69.0 Å². The first kappa shape index (κ1) is 6.54. The van der Waals surface area contributed by atoms with E-state index in [1.807, 2.05) is 12.1 Å².